The number of thioether (sulfide) groups is 1. The molecule has 36 heavy (non-hydrogen) atoms. The SMILES string of the molecule is COc1ccc(NC(=O)C2N([C@H](C)CO)C(=O)[C@@H]3[C@@H](C(=O)Nc4ccccc4)[C@H]4CC(C)C23S4)cc1. The predicted molar refractivity (Wildman–Crippen MR) is 139 cm³/mol. The maximum absolute atomic E-state index is 14.0. The number of fused-ring (bicyclic) bond motifs is 1. The molecule has 9 heteroatoms. The Labute approximate surface area is 214 Å². The van der Waals surface area contributed by atoms with Crippen molar-refractivity contribution in [1.29, 1.82) is 0 Å². The first-order valence-electron chi connectivity index (χ1n) is 12.2. The largest absolute Gasteiger partial charge is 0.497 e. The fourth-order valence-corrected chi connectivity index (χ4v) is 8.66. The number of carbonyl (C=O) groups excluding carboxylic acids is 3. The monoisotopic (exact) mass is 509 g/mol. The van der Waals surface area contributed by atoms with E-state index in [1.807, 2.05) is 30.3 Å². The van der Waals surface area contributed by atoms with Crippen LogP contribution in [0.2, 0.25) is 0 Å². The molecule has 1 spiro atoms. The van der Waals surface area contributed by atoms with Crippen LogP contribution in [0.4, 0.5) is 11.4 Å². The maximum Gasteiger partial charge on any atom is 0.248 e. The fraction of sp³-hybridized carbons (Fsp3) is 0.444. The lowest BCUT2D eigenvalue weighted by molar-refractivity contribution is -0.140. The van der Waals surface area contributed by atoms with Crippen molar-refractivity contribution in [2.45, 2.75) is 42.3 Å². The first-order valence-corrected chi connectivity index (χ1v) is 13.1. The Hall–Kier alpha value is -3.04. The van der Waals surface area contributed by atoms with Gasteiger partial charge in [-0.15, -0.1) is 11.8 Å². The highest BCUT2D eigenvalue weighted by molar-refractivity contribution is 8.02. The van der Waals surface area contributed by atoms with E-state index in [9.17, 15) is 19.5 Å². The van der Waals surface area contributed by atoms with Gasteiger partial charge >= 0.3 is 0 Å². The second-order valence-electron chi connectivity index (χ2n) is 9.90. The van der Waals surface area contributed by atoms with Crippen molar-refractivity contribution < 1.29 is 24.2 Å². The molecule has 190 valence electrons. The van der Waals surface area contributed by atoms with Gasteiger partial charge in [0, 0.05) is 16.6 Å². The minimum Gasteiger partial charge on any atom is -0.497 e. The molecular formula is C27H31N3O5S. The Morgan fingerprint density at radius 2 is 1.75 bits per heavy atom. The maximum atomic E-state index is 14.0. The second kappa shape index (κ2) is 9.44. The van der Waals surface area contributed by atoms with E-state index in [1.54, 1.807) is 50.1 Å². The Bertz CT molecular complexity index is 1160. The van der Waals surface area contributed by atoms with Crippen molar-refractivity contribution in [3.63, 3.8) is 0 Å². The Balaban J connectivity index is 1.49. The summed E-state index contributed by atoms with van der Waals surface area (Å²) in [6, 6.07) is 14.9. The summed E-state index contributed by atoms with van der Waals surface area (Å²) in [6.45, 7) is 3.54. The summed E-state index contributed by atoms with van der Waals surface area (Å²) in [4.78, 5) is 42.9. The molecule has 3 unspecified atom stereocenters. The van der Waals surface area contributed by atoms with Gasteiger partial charge in [0.1, 0.15) is 11.8 Å². The number of rotatable bonds is 7. The standard InChI is InChI=1S/C27H31N3O5S/c1-15-13-20-21(24(32)28-17-7-5-4-6-8-17)22-26(34)30(16(2)14-31)23(27(15,22)36-20)25(33)29-18-9-11-19(35-3)12-10-18/h4-12,15-16,20-23,31H,13-14H2,1-3H3,(H,28,32)(H,29,33)/t15?,16-,20-,21+,22+,23?,27?/m1/s1. The number of ether oxygens (including phenoxy) is 1. The highest BCUT2D eigenvalue weighted by Crippen LogP contribution is 2.68. The van der Waals surface area contributed by atoms with Crippen LogP contribution in [0.1, 0.15) is 20.3 Å². The average molecular weight is 510 g/mol. The summed E-state index contributed by atoms with van der Waals surface area (Å²) in [5.41, 5.74) is 1.27. The van der Waals surface area contributed by atoms with Crippen LogP contribution in [0.5, 0.6) is 5.75 Å². The van der Waals surface area contributed by atoms with Crippen LogP contribution in [0, 0.1) is 17.8 Å². The first kappa shape index (κ1) is 24.6. The molecule has 3 amide bonds. The number of nitrogens with zero attached hydrogens (tertiary/aromatic N) is 1. The average Bonchev–Trinajstić information content (AvgIpc) is 3.48. The summed E-state index contributed by atoms with van der Waals surface area (Å²) in [7, 11) is 1.57. The summed E-state index contributed by atoms with van der Waals surface area (Å²) < 4.78 is 4.45. The number of amides is 3. The van der Waals surface area contributed by atoms with E-state index in [2.05, 4.69) is 17.6 Å². The molecule has 8 nitrogen and oxygen atoms in total. The van der Waals surface area contributed by atoms with Crippen LogP contribution in [0.3, 0.4) is 0 Å². The van der Waals surface area contributed by atoms with E-state index in [1.165, 1.54) is 4.90 Å². The van der Waals surface area contributed by atoms with Crippen molar-refractivity contribution in [2.75, 3.05) is 24.4 Å². The quantitative estimate of drug-likeness (QED) is 0.530. The number of nitrogens with one attached hydrogen (secondary N) is 2. The summed E-state index contributed by atoms with van der Waals surface area (Å²) >= 11 is 1.61. The van der Waals surface area contributed by atoms with Gasteiger partial charge in [-0.1, -0.05) is 25.1 Å². The fourth-order valence-electron chi connectivity index (χ4n) is 6.25. The molecule has 2 bridgehead atoms. The number of benzene rings is 2. The predicted octanol–water partition coefficient (Wildman–Crippen LogP) is 2.99. The normalized spacial score (nSPS) is 31.2. The number of aliphatic hydroxyl groups excluding tert-OH is 1. The number of carbonyl (C=O) groups is 3. The number of aliphatic hydroxyl groups is 1. The zero-order chi connectivity index (χ0) is 25.6. The lowest BCUT2D eigenvalue weighted by atomic mass is 9.66. The molecule has 3 N–H and O–H groups in total. The summed E-state index contributed by atoms with van der Waals surface area (Å²) in [6.07, 6.45) is 0.745. The zero-order valence-corrected chi connectivity index (χ0v) is 21.3. The van der Waals surface area contributed by atoms with Crippen molar-refractivity contribution in [1.82, 2.24) is 4.90 Å². The molecule has 3 heterocycles. The summed E-state index contributed by atoms with van der Waals surface area (Å²) in [5, 5.41) is 15.9. The molecule has 5 rings (SSSR count). The molecule has 7 atom stereocenters. The van der Waals surface area contributed by atoms with Crippen LogP contribution in [0.15, 0.2) is 54.6 Å². The molecular weight excluding hydrogens is 478 g/mol. The number of hydrogen-bond acceptors (Lipinski definition) is 6. The highest BCUT2D eigenvalue weighted by atomic mass is 32.2. The van der Waals surface area contributed by atoms with Gasteiger partial charge in [-0.05, 0) is 55.7 Å². The van der Waals surface area contributed by atoms with E-state index in [4.69, 9.17) is 4.74 Å². The van der Waals surface area contributed by atoms with Gasteiger partial charge in [-0.3, -0.25) is 14.4 Å². The summed E-state index contributed by atoms with van der Waals surface area (Å²) in [5.74, 6) is -1.21. The van der Waals surface area contributed by atoms with Gasteiger partial charge in [0.15, 0.2) is 0 Å². The van der Waals surface area contributed by atoms with E-state index in [0.717, 1.165) is 6.42 Å². The van der Waals surface area contributed by atoms with Gasteiger partial charge in [-0.2, -0.15) is 0 Å². The molecule has 0 aliphatic carbocycles. The van der Waals surface area contributed by atoms with E-state index < -0.39 is 28.7 Å². The van der Waals surface area contributed by atoms with Gasteiger partial charge in [0.2, 0.25) is 17.7 Å². The molecule has 0 saturated carbocycles. The molecule has 2 aromatic carbocycles. The van der Waals surface area contributed by atoms with E-state index >= 15 is 0 Å². The van der Waals surface area contributed by atoms with Crippen molar-refractivity contribution >= 4 is 40.9 Å². The van der Waals surface area contributed by atoms with Crippen molar-refractivity contribution in [3.8, 4) is 5.75 Å². The van der Waals surface area contributed by atoms with Gasteiger partial charge in [-0.25, -0.2) is 0 Å². The van der Waals surface area contributed by atoms with Crippen LogP contribution in [-0.2, 0) is 14.4 Å². The Morgan fingerprint density at radius 3 is 2.39 bits per heavy atom. The molecule has 3 aliphatic rings. The number of likely N-dealkylation sites (tertiary alicyclic amines) is 1. The third kappa shape index (κ3) is 3.76. The third-order valence-electron chi connectivity index (χ3n) is 7.87. The second-order valence-corrected chi connectivity index (χ2v) is 11.5. The lowest BCUT2D eigenvalue weighted by Crippen LogP contribution is -2.56. The minimum atomic E-state index is -0.807. The number of methoxy groups -OCH3 is 1. The highest BCUT2D eigenvalue weighted by Gasteiger charge is 2.76. The molecule has 3 saturated heterocycles. The van der Waals surface area contributed by atoms with Crippen LogP contribution >= 0.6 is 11.8 Å². The molecule has 0 radical (unpaired) electrons. The van der Waals surface area contributed by atoms with Crippen molar-refractivity contribution in [2.24, 2.45) is 17.8 Å². The topological polar surface area (TPSA) is 108 Å². The van der Waals surface area contributed by atoms with E-state index in [-0.39, 0.29) is 35.5 Å². The van der Waals surface area contributed by atoms with Crippen LogP contribution in [-0.4, -0.2) is 63.5 Å². The molecule has 0 aromatic heterocycles. The number of para-hydroxylation sites is 1. The first-order chi connectivity index (χ1) is 17.3. The number of anilines is 2. The van der Waals surface area contributed by atoms with Gasteiger partial charge in [0.25, 0.3) is 0 Å². The van der Waals surface area contributed by atoms with E-state index in [0.29, 0.717) is 17.1 Å². The number of hydrogen-bond donors (Lipinski definition) is 3. The molecule has 3 aliphatic heterocycles. The Kier molecular flexibility index (Phi) is 6.46. The van der Waals surface area contributed by atoms with Crippen LogP contribution in [0.25, 0.3) is 0 Å². The molecule has 2 aromatic rings. The van der Waals surface area contributed by atoms with Gasteiger partial charge < -0.3 is 25.4 Å². The Morgan fingerprint density at radius 1 is 1.11 bits per heavy atom. The smallest absolute Gasteiger partial charge is 0.248 e. The lowest BCUT2D eigenvalue weighted by Gasteiger charge is -2.39. The van der Waals surface area contributed by atoms with Crippen molar-refractivity contribution in [3.05, 3.63) is 54.6 Å². The van der Waals surface area contributed by atoms with Crippen LogP contribution < -0.4 is 15.4 Å². The zero-order valence-electron chi connectivity index (χ0n) is 20.5. The molecule has 3 fully saturated rings. The van der Waals surface area contributed by atoms with Gasteiger partial charge in [0.05, 0.1) is 36.3 Å². The third-order valence-corrected chi connectivity index (χ3v) is 9.95. The minimum absolute atomic E-state index is 0.0461.